The number of ether oxygens (including phenoxy) is 2. The third-order valence-corrected chi connectivity index (χ3v) is 6.08. The molecule has 0 unspecified atom stereocenters. The smallest absolute Gasteiger partial charge is 0.257 e. The standard InChI is InChI=1S/C22H22N4O3S2/c1-3-11-29-18-10-9-17(12-19(18)28-4-2)20(27)24-21-25-26-22(31-21)30-14-16-7-5-15(13-23)6-8-16/h5-10,12H,3-4,11,14H2,1-2H3,(H,24,25,27). The first-order valence-corrected chi connectivity index (χ1v) is 11.6. The molecule has 1 aromatic heterocycles. The Bertz CT molecular complexity index is 1060. The summed E-state index contributed by atoms with van der Waals surface area (Å²) in [5, 5.41) is 20.3. The van der Waals surface area contributed by atoms with Crippen LogP contribution in [0.5, 0.6) is 11.5 Å². The highest BCUT2D eigenvalue weighted by molar-refractivity contribution is 8.00. The number of amides is 1. The van der Waals surface area contributed by atoms with Gasteiger partial charge in [0.05, 0.1) is 24.8 Å². The van der Waals surface area contributed by atoms with Crippen molar-refractivity contribution in [2.75, 3.05) is 18.5 Å². The van der Waals surface area contributed by atoms with Gasteiger partial charge < -0.3 is 9.47 Å². The average molecular weight is 455 g/mol. The van der Waals surface area contributed by atoms with Crippen LogP contribution in [0.25, 0.3) is 0 Å². The summed E-state index contributed by atoms with van der Waals surface area (Å²) in [5.74, 6) is 1.57. The van der Waals surface area contributed by atoms with Crippen molar-refractivity contribution in [1.82, 2.24) is 10.2 Å². The summed E-state index contributed by atoms with van der Waals surface area (Å²) in [6, 6.07) is 14.6. The van der Waals surface area contributed by atoms with Crippen molar-refractivity contribution in [2.45, 2.75) is 30.4 Å². The predicted octanol–water partition coefficient (Wildman–Crippen LogP) is 5.14. The van der Waals surface area contributed by atoms with E-state index in [-0.39, 0.29) is 5.91 Å². The Morgan fingerprint density at radius 3 is 2.65 bits per heavy atom. The maximum absolute atomic E-state index is 12.6. The molecule has 9 heteroatoms. The number of nitriles is 1. The fourth-order valence-corrected chi connectivity index (χ4v) is 4.26. The van der Waals surface area contributed by atoms with Crippen LogP contribution in [0.3, 0.4) is 0 Å². The molecule has 0 atom stereocenters. The molecule has 3 aromatic rings. The summed E-state index contributed by atoms with van der Waals surface area (Å²) in [4.78, 5) is 12.6. The van der Waals surface area contributed by atoms with E-state index in [4.69, 9.17) is 14.7 Å². The number of aromatic nitrogens is 2. The molecule has 2 aromatic carbocycles. The largest absolute Gasteiger partial charge is 0.490 e. The minimum absolute atomic E-state index is 0.289. The molecule has 3 rings (SSSR count). The molecule has 31 heavy (non-hydrogen) atoms. The topological polar surface area (TPSA) is 97.1 Å². The second-order valence-electron chi connectivity index (χ2n) is 6.37. The summed E-state index contributed by atoms with van der Waals surface area (Å²) < 4.78 is 12.0. The number of hydrogen-bond acceptors (Lipinski definition) is 8. The fraction of sp³-hybridized carbons (Fsp3) is 0.273. The molecule has 0 fully saturated rings. The molecule has 0 spiro atoms. The van der Waals surface area contributed by atoms with Gasteiger partial charge in [0.2, 0.25) is 5.13 Å². The van der Waals surface area contributed by atoms with E-state index >= 15 is 0 Å². The van der Waals surface area contributed by atoms with Crippen molar-refractivity contribution in [2.24, 2.45) is 0 Å². The first-order valence-electron chi connectivity index (χ1n) is 9.79. The number of thioether (sulfide) groups is 1. The van der Waals surface area contributed by atoms with Gasteiger partial charge in [0.1, 0.15) is 0 Å². The molecule has 0 aliphatic carbocycles. The third kappa shape index (κ3) is 6.44. The lowest BCUT2D eigenvalue weighted by molar-refractivity contribution is 0.102. The number of nitrogens with zero attached hydrogens (tertiary/aromatic N) is 3. The SMILES string of the molecule is CCCOc1ccc(C(=O)Nc2nnc(SCc3ccc(C#N)cc3)s2)cc1OCC. The summed E-state index contributed by atoms with van der Waals surface area (Å²) in [7, 11) is 0. The lowest BCUT2D eigenvalue weighted by atomic mass is 10.2. The van der Waals surface area contributed by atoms with E-state index in [1.807, 2.05) is 26.0 Å². The van der Waals surface area contributed by atoms with E-state index < -0.39 is 0 Å². The van der Waals surface area contributed by atoms with Crippen LogP contribution in [-0.2, 0) is 5.75 Å². The highest BCUT2D eigenvalue weighted by atomic mass is 32.2. The van der Waals surface area contributed by atoms with Crippen molar-refractivity contribution in [3.63, 3.8) is 0 Å². The van der Waals surface area contributed by atoms with Crippen molar-refractivity contribution < 1.29 is 14.3 Å². The molecule has 0 saturated heterocycles. The maximum atomic E-state index is 12.6. The van der Waals surface area contributed by atoms with Gasteiger partial charge in [-0.3, -0.25) is 10.1 Å². The van der Waals surface area contributed by atoms with Crippen LogP contribution in [0.4, 0.5) is 5.13 Å². The van der Waals surface area contributed by atoms with E-state index in [1.54, 1.807) is 30.3 Å². The lowest BCUT2D eigenvalue weighted by Crippen LogP contribution is -2.12. The lowest BCUT2D eigenvalue weighted by Gasteiger charge is -2.12. The number of anilines is 1. The van der Waals surface area contributed by atoms with Crippen LogP contribution in [0, 0.1) is 11.3 Å². The highest BCUT2D eigenvalue weighted by Gasteiger charge is 2.14. The Balaban J connectivity index is 1.61. The second kappa shape index (κ2) is 11.3. The highest BCUT2D eigenvalue weighted by Crippen LogP contribution is 2.31. The van der Waals surface area contributed by atoms with Gasteiger partial charge in [-0.25, -0.2) is 0 Å². The zero-order valence-electron chi connectivity index (χ0n) is 17.3. The molecule has 0 bridgehead atoms. The van der Waals surface area contributed by atoms with Crippen LogP contribution >= 0.6 is 23.1 Å². The molecule has 160 valence electrons. The Morgan fingerprint density at radius 2 is 1.94 bits per heavy atom. The normalized spacial score (nSPS) is 10.4. The number of rotatable bonds is 10. The minimum atomic E-state index is -0.289. The predicted molar refractivity (Wildman–Crippen MR) is 122 cm³/mol. The zero-order chi connectivity index (χ0) is 22.1. The van der Waals surface area contributed by atoms with Crippen LogP contribution in [-0.4, -0.2) is 29.3 Å². The van der Waals surface area contributed by atoms with E-state index in [2.05, 4.69) is 21.6 Å². The van der Waals surface area contributed by atoms with Gasteiger partial charge in [0.15, 0.2) is 15.8 Å². The molecule has 0 saturated carbocycles. The summed E-state index contributed by atoms with van der Waals surface area (Å²) in [6.07, 6.45) is 0.885. The number of hydrogen-bond donors (Lipinski definition) is 1. The Morgan fingerprint density at radius 1 is 1.13 bits per heavy atom. The van der Waals surface area contributed by atoms with E-state index in [0.29, 0.717) is 46.7 Å². The van der Waals surface area contributed by atoms with Gasteiger partial charge in [-0.1, -0.05) is 42.2 Å². The number of benzene rings is 2. The summed E-state index contributed by atoms with van der Waals surface area (Å²) in [6.45, 7) is 4.97. The number of carbonyl (C=O) groups excluding carboxylic acids is 1. The number of nitrogens with one attached hydrogen (secondary N) is 1. The molecule has 0 aliphatic rings. The molecule has 0 aliphatic heterocycles. The van der Waals surface area contributed by atoms with Crippen molar-refractivity contribution in [3.8, 4) is 17.6 Å². The Labute approximate surface area is 189 Å². The van der Waals surface area contributed by atoms with Crippen LogP contribution in [0.15, 0.2) is 46.8 Å². The quantitative estimate of drug-likeness (QED) is 0.334. The Kier molecular flexibility index (Phi) is 8.27. The van der Waals surface area contributed by atoms with E-state index in [1.165, 1.54) is 23.1 Å². The molecule has 1 heterocycles. The van der Waals surface area contributed by atoms with Crippen molar-refractivity contribution in [1.29, 1.82) is 5.26 Å². The molecule has 7 nitrogen and oxygen atoms in total. The fourth-order valence-electron chi connectivity index (χ4n) is 2.56. The molecule has 0 radical (unpaired) electrons. The molecular formula is C22H22N4O3S2. The summed E-state index contributed by atoms with van der Waals surface area (Å²) >= 11 is 2.84. The first-order chi connectivity index (χ1) is 15.1. The van der Waals surface area contributed by atoms with E-state index in [9.17, 15) is 4.79 Å². The Hall–Kier alpha value is -3.09. The van der Waals surface area contributed by atoms with Gasteiger partial charge in [-0.2, -0.15) is 5.26 Å². The van der Waals surface area contributed by atoms with Gasteiger partial charge in [-0.15, -0.1) is 10.2 Å². The van der Waals surface area contributed by atoms with Gasteiger partial charge >= 0.3 is 0 Å². The molecule has 1 N–H and O–H groups in total. The third-order valence-electron chi connectivity index (χ3n) is 4.04. The number of carbonyl (C=O) groups is 1. The molecular weight excluding hydrogens is 432 g/mol. The minimum Gasteiger partial charge on any atom is -0.490 e. The first kappa shape index (κ1) is 22.6. The summed E-state index contributed by atoms with van der Waals surface area (Å²) in [5.41, 5.74) is 2.17. The molecule has 1 amide bonds. The van der Waals surface area contributed by atoms with Gasteiger partial charge in [0, 0.05) is 11.3 Å². The van der Waals surface area contributed by atoms with Crippen LogP contribution in [0.1, 0.15) is 41.8 Å². The van der Waals surface area contributed by atoms with Crippen LogP contribution in [0.2, 0.25) is 0 Å². The zero-order valence-corrected chi connectivity index (χ0v) is 18.9. The average Bonchev–Trinajstić information content (AvgIpc) is 3.24. The van der Waals surface area contributed by atoms with Crippen LogP contribution < -0.4 is 14.8 Å². The van der Waals surface area contributed by atoms with Crippen molar-refractivity contribution in [3.05, 3.63) is 59.2 Å². The van der Waals surface area contributed by atoms with Gasteiger partial charge in [0.25, 0.3) is 5.91 Å². The van der Waals surface area contributed by atoms with Gasteiger partial charge in [-0.05, 0) is 49.2 Å². The monoisotopic (exact) mass is 454 g/mol. The maximum Gasteiger partial charge on any atom is 0.257 e. The van der Waals surface area contributed by atoms with Crippen molar-refractivity contribution >= 4 is 34.1 Å². The van der Waals surface area contributed by atoms with E-state index in [0.717, 1.165) is 16.3 Å². The second-order valence-corrected chi connectivity index (χ2v) is 8.57.